The maximum absolute atomic E-state index is 2.51. The van der Waals surface area contributed by atoms with Crippen molar-refractivity contribution >= 4 is 11.4 Å². The normalized spacial score (nSPS) is 29.9. The Morgan fingerprint density at radius 3 is 2.18 bits per heavy atom. The van der Waals surface area contributed by atoms with E-state index in [1.807, 2.05) is 0 Å². The first kappa shape index (κ1) is 21.6. The quantitative estimate of drug-likeness (QED) is 0.269. The van der Waals surface area contributed by atoms with E-state index in [9.17, 15) is 0 Å². The summed E-state index contributed by atoms with van der Waals surface area (Å²) in [6, 6.07) is 32.8. The van der Waals surface area contributed by atoms with Gasteiger partial charge >= 0.3 is 0 Å². The molecule has 4 fully saturated rings. The lowest BCUT2D eigenvalue weighted by Crippen LogP contribution is -2.41. The van der Waals surface area contributed by atoms with Crippen molar-refractivity contribution in [1.82, 2.24) is 0 Å². The number of anilines is 2. The molecule has 188 valence electrons. The van der Waals surface area contributed by atoms with Gasteiger partial charge in [0, 0.05) is 29.3 Å². The van der Waals surface area contributed by atoms with Crippen molar-refractivity contribution in [1.29, 1.82) is 0 Å². The van der Waals surface area contributed by atoms with Crippen LogP contribution in [0.2, 0.25) is 0 Å². The third kappa shape index (κ3) is 2.37. The zero-order chi connectivity index (χ0) is 25.4. The van der Waals surface area contributed by atoms with Gasteiger partial charge in [-0.15, -0.1) is 0 Å². The van der Waals surface area contributed by atoms with Crippen LogP contribution in [0.5, 0.6) is 0 Å². The van der Waals surface area contributed by atoms with Crippen LogP contribution in [-0.2, 0) is 10.8 Å². The summed E-state index contributed by atoms with van der Waals surface area (Å²) in [6.07, 6.45) is 5.75. The summed E-state index contributed by atoms with van der Waals surface area (Å²) < 4.78 is 0. The van der Waals surface area contributed by atoms with Crippen LogP contribution in [0, 0.1) is 23.7 Å². The van der Waals surface area contributed by atoms with E-state index in [-0.39, 0.29) is 10.8 Å². The number of hydrogen-bond donors (Lipinski definition) is 0. The highest BCUT2D eigenvalue weighted by Crippen LogP contribution is 2.74. The summed E-state index contributed by atoms with van der Waals surface area (Å²) in [5.74, 6) is 3.47. The average molecular weight is 494 g/mol. The maximum Gasteiger partial charge on any atom is 0.0456 e. The number of benzene rings is 4. The molecule has 10 rings (SSSR count). The summed E-state index contributed by atoms with van der Waals surface area (Å²) in [4.78, 5) is 2.51. The molecule has 0 radical (unpaired) electrons. The largest absolute Gasteiger partial charge is 0.344 e. The summed E-state index contributed by atoms with van der Waals surface area (Å²) >= 11 is 0. The van der Waals surface area contributed by atoms with Gasteiger partial charge in [-0.2, -0.15) is 0 Å². The zero-order valence-electron chi connectivity index (χ0n) is 22.7. The summed E-state index contributed by atoms with van der Waals surface area (Å²) in [5.41, 5.74) is 14.9. The molecule has 1 nitrogen and oxygen atoms in total. The molecule has 0 aliphatic heterocycles. The molecule has 0 saturated heterocycles. The number of rotatable bonds is 2. The van der Waals surface area contributed by atoms with Gasteiger partial charge in [-0.25, -0.2) is 0 Å². The topological polar surface area (TPSA) is 3.24 Å². The molecule has 38 heavy (non-hydrogen) atoms. The van der Waals surface area contributed by atoms with Crippen LogP contribution in [0.25, 0.3) is 22.3 Å². The minimum atomic E-state index is 0.0465. The third-order valence-electron chi connectivity index (χ3n) is 11.7. The van der Waals surface area contributed by atoms with Crippen molar-refractivity contribution in [2.45, 2.75) is 50.4 Å². The van der Waals surface area contributed by atoms with Crippen molar-refractivity contribution in [2.75, 3.05) is 11.9 Å². The minimum Gasteiger partial charge on any atom is -0.344 e. The number of fused-ring (bicyclic) bond motifs is 6. The molecule has 0 heterocycles. The second-order valence-electron chi connectivity index (χ2n) is 13.4. The monoisotopic (exact) mass is 493 g/mol. The van der Waals surface area contributed by atoms with E-state index < -0.39 is 0 Å². The van der Waals surface area contributed by atoms with Gasteiger partial charge in [-0.05, 0) is 112 Å². The van der Waals surface area contributed by atoms with Crippen LogP contribution in [-0.4, -0.2) is 7.05 Å². The molecule has 0 aromatic heterocycles. The van der Waals surface area contributed by atoms with Crippen LogP contribution in [0.3, 0.4) is 0 Å². The van der Waals surface area contributed by atoms with E-state index in [4.69, 9.17) is 0 Å². The molecular formula is C37H35N. The van der Waals surface area contributed by atoms with Gasteiger partial charge in [0.05, 0.1) is 0 Å². The Morgan fingerprint density at radius 1 is 0.658 bits per heavy atom. The van der Waals surface area contributed by atoms with Crippen molar-refractivity contribution in [3.8, 4) is 22.3 Å². The fraction of sp³-hybridized carbons (Fsp3) is 0.351. The van der Waals surface area contributed by atoms with Gasteiger partial charge in [0.25, 0.3) is 0 Å². The van der Waals surface area contributed by atoms with E-state index in [2.05, 4.69) is 111 Å². The van der Waals surface area contributed by atoms with Gasteiger partial charge in [0.1, 0.15) is 0 Å². The van der Waals surface area contributed by atoms with Crippen LogP contribution in [0.1, 0.15) is 61.8 Å². The van der Waals surface area contributed by atoms with E-state index in [1.54, 1.807) is 11.1 Å². The Bertz CT molecular complexity index is 1660. The first-order chi connectivity index (χ1) is 18.5. The second-order valence-corrected chi connectivity index (χ2v) is 13.4. The maximum atomic E-state index is 2.51. The van der Waals surface area contributed by atoms with Crippen LogP contribution in [0.15, 0.2) is 84.9 Å². The predicted octanol–water partition coefficient (Wildman–Crippen LogP) is 9.09. The highest BCUT2D eigenvalue weighted by atomic mass is 15.1. The lowest BCUT2D eigenvalue weighted by molar-refractivity contribution is 0.191. The lowest BCUT2D eigenvalue weighted by atomic mass is 9.59. The fourth-order valence-electron chi connectivity index (χ4n) is 10.3. The molecule has 5 unspecified atom stereocenters. The van der Waals surface area contributed by atoms with Crippen molar-refractivity contribution in [3.05, 3.63) is 107 Å². The van der Waals surface area contributed by atoms with Gasteiger partial charge in [0.15, 0.2) is 0 Å². The molecule has 4 saturated carbocycles. The van der Waals surface area contributed by atoms with Gasteiger partial charge in [0.2, 0.25) is 0 Å². The smallest absolute Gasteiger partial charge is 0.0456 e. The molecule has 5 atom stereocenters. The van der Waals surface area contributed by atoms with Crippen LogP contribution >= 0.6 is 0 Å². The minimum absolute atomic E-state index is 0.0465. The molecular weight excluding hydrogens is 458 g/mol. The highest BCUT2D eigenvalue weighted by molar-refractivity contribution is 5.90. The summed E-state index contributed by atoms with van der Waals surface area (Å²) in [5, 5.41) is 0. The first-order valence-electron chi connectivity index (χ1n) is 14.7. The second kappa shape index (κ2) is 7.00. The molecule has 0 amide bonds. The van der Waals surface area contributed by atoms with Crippen molar-refractivity contribution < 1.29 is 0 Å². The Hall–Kier alpha value is -3.32. The number of nitrogens with zero attached hydrogens (tertiary/aromatic N) is 1. The van der Waals surface area contributed by atoms with Gasteiger partial charge in [-0.1, -0.05) is 80.6 Å². The molecule has 6 aliphatic carbocycles. The van der Waals surface area contributed by atoms with E-state index in [1.165, 1.54) is 70.4 Å². The fourth-order valence-corrected chi connectivity index (χ4v) is 10.3. The molecule has 4 bridgehead atoms. The van der Waals surface area contributed by atoms with Crippen molar-refractivity contribution in [3.63, 3.8) is 0 Å². The Kier molecular flexibility index (Phi) is 3.98. The molecule has 1 spiro atoms. The summed E-state index contributed by atoms with van der Waals surface area (Å²) in [6.45, 7) is 4.74. The summed E-state index contributed by atoms with van der Waals surface area (Å²) in [7, 11) is 2.31. The molecule has 0 N–H and O–H groups in total. The Labute approximate surface area is 226 Å². The van der Waals surface area contributed by atoms with Crippen molar-refractivity contribution in [2.24, 2.45) is 23.7 Å². The lowest BCUT2D eigenvalue weighted by Gasteiger charge is -2.45. The van der Waals surface area contributed by atoms with E-state index in [0.717, 1.165) is 23.7 Å². The molecule has 1 heteroatoms. The van der Waals surface area contributed by atoms with E-state index in [0.29, 0.717) is 0 Å². The standard InChI is InChI=1S/C37H35N/c1-36(2)30-12-6-4-10-27(30)29-21-25(15-16-31(29)36)38(3)34-14-8-11-28-26-9-5-7-13-32(26)37(35(28)34)24-18-22-17-23(20-24)33(37)19-22/h4-16,21-24,33H,17-20H2,1-3H3. The first-order valence-corrected chi connectivity index (χ1v) is 14.7. The SMILES string of the molecule is CN(c1ccc2c(c1)-c1ccccc1C2(C)C)c1cccc2c1C1(c3ccccc3-2)C2CC3CC(C2)C1C3. The Balaban J connectivity index is 1.25. The third-order valence-corrected chi connectivity index (χ3v) is 11.7. The average Bonchev–Trinajstić information content (AvgIpc) is 3.57. The highest BCUT2D eigenvalue weighted by Gasteiger charge is 2.66. The van der Waals surface area contributed by atoms with Gasteiger partial charge < -0.3 is 4.90 Å². The number of hydrogen-bond acceptors (Lipinski definition) is 1. The predicted molar refractivity (Wildman–Crippen MR) is 157 cm³/mol. The molecule has 4 aromatic rings. The Morgan fingerprint density at radius 2 is 1.37 bits per heavy atom. The zero-order valence-corrected chi connectivity index (χ0v) is 22.7. The van der Waals surface area contributed by atoms with Crippen LogP contribution < -0.4 is 4.90 Å². The van der Waals surface area contributed by atoms with Crippen LogP contribution in [0.4, 0.5) is 11.4 Å². The molecule has 4 aromatic carbocycles. The van der Waals surface area contributed by atoms with Gasteiger partial charge in [-0.3, -0.25) is 0 Å². The molecule has 6 aliphatic rings. The van der Waals surface area contributed by atoms with E-state index >= 15 is 0 Å².